The standard InChI is InChI=1S/C22H30N2S2/c1-5-23(6-2)19-13-9-17(10-14-19)21(25)22(26)18-11-15-20(16-12-18)24(7-3)8-4/h9-16,25-26H,5-8H2,1-4H3. The fourth-order valence-electron chi connectivity index (χ4n) is 3.11. The summed E-state index contributed by atoms with van der Waals surface area (Å²) in [6.45, 7) is 12.7. The average molecular weight is 387 g/mol. The van der Waals surface area contributed by atoms with E-state index in [-0.39, 0.29) is 0 Å². The predicted molar refractivity (Wildman–Crippen MR) is 125 cm³/mol. The van der Waals surface area contributed by atoms with Gasteiger partial charge in [-0.15, -0.1) is 25.3 Å². The minimum Gasteiger partial charge on any atom is -0.372 e. The molecule has 0 N–H and O–H groups in total. The third-order valence-corrected chi connectivity index (χ3v) is 5.90. The summed E-state index contributed by atoms with van der Waals surface area (Å²) in [6, 6.07) is 17.1. The monoisotopic (exact) mass is 386 g/mol. The highest BCUT2D eigenvalue weighted by Crippen LogP contribution is 2.33. The Morgan fingerprint density at radius 3 is 1.08 bits per heavy atom. The Bertz CT molecular complexity index is 649. The van der Waals surface area contributed by atoms with Crippen molar-refractivity contribution in [1.29, 1.82) is 0 Å². The highest BCUT2D eigenvalue weighted by molar-refractivity contribution is 7.96. The van der Waals surface area contributed by atoms with E-state index < -0.39 is 0 Å². The van der Waals surface area contributed by atoms with E-state index in [9.17, 15) is 0 Å². The first-order chi connectivity index (χ1) is 12.5. The summed E-state index contributed by atoms with van der Waals surface area (Å²) in [4.78, 5) is 6.46. The van der Waals surface area contributed by atoms with Gasteiger partial charge in [-0.3, -0.25) is 0 Å². The van der Waals surface area contributed by atoms with Crippen molar-refractivity contribution in [2.45, 2.75) is 27.7 Å². The van der Waals surface area contributed by atoms with Gasteiger partial charge >= 0.3 is 0 Å². The fraction of sp³-hybridized carbons (Fsp3) is 0.364. The molecule has 0 radical (unpaired) electrons. The number of hydrogen-bond acceptors (Lipinski definition) is 4. The van der Waals surface area contributed by atoms with Crippen LogP contribution >= 0.6 is 25.3 Å². The second kappa shape index (κ2) is 9.98. The predicted octanol–water partition coefficient (Wildman–Crippen LogP) is 6.06. The largest absolute Gasteiger partial charge is 0.372 e. The van der Waals surface area contributed by atoms with Gasteiger partial charge in [-0.05, 0) is 63.1 Å². The summed E-state index contributed by atoms with van der Waals surface area (Å²) in [5.74, 6) is 0. The molecule has 0 amide bonds. The molecular formula is C22H30N2S2. The maximum atomic E-state index is 4.74. The molecule has 0 heterocycles. The minimum atomic E-state index is 0.898. The lowest BCUT2D eigenvalue weighted by Crippen LogP contribution is -2.21. The minimum absolute atomic E-state index is 0.898. The second-order valence-corrected chi connectivity index (χ2v) is 7.03. The van der Waals surface area contributed by atoms with Crippen molar-refractivity contribution in [2.75, 3.05) is 36.0 Å². The maximum absolute atomic E-state index is 4.74. The van der Waals surface area contributed by atoms with Gasteiger partial charge in [0.2, 0.25) is 0 Å². The van der Waals surface area contributed by atoms with Crippen LogP contribution in [0.5, 0.6) is 0 Å². The third kappa shape index (κ3) is 4.80. The first kappa shape index (κ1) is 20.8. The van der Waals surface area contributed by atoms with E-state index in [1.165, 1.54) is 11.4 Å². The molecule has 0 unspecified atom stereocenters. The van der Waals surface area contributed by atoms with Gasteiger partial charge in [0.15, 0.2) is 0 Å². The molecule has 0 aliphatic heterocycles. The van der Waals surface area contributed by atoms with Crippen molar-refractivity contribution < 1.29 is 0 Å². The van der Waals surface area contributed by atoms with Gasteiger partial charge < -0.3 is 9.80 Å². The van der Waals surface area contributed by atoms with Crippen LogP contribution < -0.4 is 9.80 Å². The number of nitrogens with zero attached hydrogens (tertiary/aromatic N) is 2. The van der Waals surface area contributed by atoms with E-state index in [1.54, 1.807) is 0 Å². The molecule has 0 aliphatic carbocycles. The van der Waals surface area contributed by atoms with Crippen LogP contribution in [0.1, 0.15) is 38.8 Å². The lowest BCUT2D eigenvalue weighted by molar-refractivity contribution is 0.866. The summed E-state index contributed by atoms with van der Waals surface area (Å²) < 4.78 is 0. The van der Waals surface area contributed by atoms with Gasteiger partial charge in [-0.2, -0.15) is 0 Å². The zero-order valence-electron chi connectivity index (χ0n) is 16.2. The van der Waals surface area contributed by atoms with Crippen LogP contribution in [0.4, 0.5) is 11.4 Å². The molecule has 2 rings (SSSR count). The molecular weight excluding hydrogens is 356 g/mol. The SMILES string of the molecule is CCN(CC)c1ccc(C(S)=C(S)c2ccc(N(CC)CC)cc2)cc1. The van der Waals surface area contributed by atoms with Crippen molar-refractivity contribution >= 4 is 46.4 Å². The van der Waals surface area contributed by atoms with Gasteiger partial charge in [0, 0.05) is 47.4 Å². The normalized spacial score (nSPS) is 11.9. The number of thiol groups is 2. The summed E-state index contributed by atoms with van der Waals surface area (Å²) in [5, 5.41) is 0. The molecule has 2 nitrogen and oxygen atoms in total. The van der Waals surface area contributed by atoms with Crippen molar-refractivity contribution in [3.8, 4) is 0 Å². The fourth-order valence-corrected chi connectivity index (χ4v) is 3.67. The van der Waals surface area contributed by atoms with E-state index in [0.29, 0.717) is 0 Å². The zero-order chi connectivity index (χ0) is 19.1. The van der Waals surface area contributed by atoms with E-state index in [0.717, 1.165) is 47.1 Å². The first-order valence-electron chi connectivity index (χ1n) is 9.38. The van der Waals surface area contributed by atoms with Crippen LogP contribution in [0.3, 0.4) is 0 Å². The van der Waals surface area contributed by atoms with E-state index in [1.807, 2.05) is 0 Å². The summed E-state index contributed by atoms with van der Waals surface area (Å²) in [6.07, 6.45) is 0. The molecule has 2 aromatic carbocycles. The highest BCUT2D eigenvalue weighted by Gasteiger charge is 2.08. The quantitative estimate of drug-likeness (QED) is 0.420. The van der Waals surface area contributed by atoms with E-state index >= 15 is 0 Å². The molecule has 0 bridgehead atoms. The van der Waals surface area contributed by atoms with Crippen molar-refractivity contribution in [1.82, 2.24) is 0 Å². The Labute approximate surface area is 169 Å². The van der Waals surface area contributed by atoms with E-state index in [2.05, 4.69) is 86.0 Å². The Balaban J connectivity index is 2.25. The number of rotatable bonds is 8. The van der Waals surface area contributed by atoms with Crippen LogP contribution in [-0.2, 0) is 0 Å². The van der Waals surface area contributed by atoms with Crippen LogP contribution in [0.15, 0.2) is 48.5 Å². The van der Waals surface area contributed by atoms with Gasteiger partial charge in [-0.1, -0.05) is 24.3 Å². The van der Waals surface area contributed by atoms with Crippen LogP contribution in [-0.4, -0.2) is 26.2 Å². The molecule has 140 valence electrons. The molecule has 0 atom stereocenters. The topological polar surface area (TPSA) is 6.48 Å². The highest BCUT2D eigenvalue weighted by atomic mass is 32.1. The molecule has 4 heteroatoms. The third-order valence-electron chi connectivity index (χ3n) is 4.76. The molecule has 0 fully saturated rings. The van der Waals surface area contributed by atoms with Gasteiger partial charge in [0.1, 0.15) is 0 Å². The van der Waals surface area contributed by atoms with Crippen molar-refractivity contribution in [2.24, 2.45) is 0 Å². The van der Waals surface area contributed by atoms with Crippen LogP contribution in [0.2, 0.25) is 0 Å². The van der Waals surface area contributed by atoms with Crippen LogP contribution in [0, 0.1) is 0 Å². The molecule has 0 aromatic heterocycles. The Hall–Kier alpha value is -1.52. The summed E-state index contributed by atoms with van der Waals surface area (Å²) in [5.41, 5.74) is 4.65. The first-order valence-corrected chi connectivity index (χ1v) is 10.3. The lowest BCUT2D eigenvalue weighted by atomic mass is 10.1. The molecule has 0 spiro atoms. The van der Waals surface area contributed by atoms with Crippen molar-refractivity contribution in [3.05, 3.63) is 59.7 Å². The molecule has 2 aromatic rings. The van der Waals surface area contributed by atoms with Crippen LogP contribution in [0.25, 0.3) is 9.81 Å². The van der Waals surface area contributed by atoms with Gasteiger partial charge in [-0.25, -0.2) is 0 Å². The van der Waals surface area contributed by atoms with E-state index in [4.69, 9.17) is 25.3 Å². The number of hydrogen-bond donors (Lipinski definition) is 2. The Morgan fingerprint density at radius 2 is 0.846 bits per heavy atom. The molecule has 26 heavy (non-hydrogen) atoms. The molecule has 0 saturated carbocycles. The number of benzene rings is 2. The second-order valence-electron chi connectivity index (χ2n) is 6.14. The molecule has 0 aliphatic rings. The van der Waals surface area contributed by atoms with Gasteiger partial charge in [0.25, 0.3) is 0 Å². The Kier molecular flexibility index (Phi) is 7.98. The molecule has 0 saturated heterocycles. The zero-order valence-corrected chi connectivity index (χ0v) is 18.0. The summed E-state index contributed by atoms with van der Waals surface area (Å²) >= 11 is 9.48. The van der Waals surface area contributed by atoms with Gasteiger partial charge in [0.05, 0.1) is 0 Å². The smallest absolute Gasteiger partial charge is 0.0366 e. The maximum Gasteiger partial charge on any atom is 0.0366 e. The Morgan fingerprint density at radius 1 is 0.577 bits per heavy atom. The number of anilines is 2. The lowest BCUT2D eigenvalue weighted by Gasteiger charge is -2.21. The van der Waals surface area contributed by atoms with Crippen molar-refractivity contribution in [3.63, 3.8) is 0 Å². The average Bonchev–Trinajstić information content (AvgIpc) is 2.70. The summed E-state index contributed by atoms with van der Waals surface area (Å²) in [7, 11) is 0.